The van der Waals surface area contributed by atoms with Gasteiger partial charge in [-0.3, -0.25) is 4.90 Å². The molecule has 0 spiro atoms. The molecule has 0 bridgehead atoms. The van der Waals surface area contributed by atoms with E-state index < -0.39 is 9.04 Å². The smallest absolute Gasteiger partial charge is 0.330 e. The van der Waals surface area contributed by atoms with Crippen molar-refractivity contribution >= 4 is 15.1 Å². The Morgan fingerprint density at radius 2 is 1.87 bits per heavy atom. The number of hydrogen-bond acceptors (Lipinski definition) is 4. The summed E-state index contributed by atoms with van der Waals surface area (Å²) in [6, 6.07) is 11.0. The summed E-state index contributed by atoms with van der Waals surface area (Å²) < 4.78 is 7.95. The van der Waals surface area contributed by atoms with Crippen molar-refractivity contribution in [3.8, 4) is 0 Å². The number of carbonyl (C=O) groups excluding carboxylic acids is 1. The van der Waals surface area contributed by atoms with Gasteiger partial charge in [0.1, 0.15) is 5.82 Å². The Labute approximate surface area is 181 Å². The van der Waals surface area contributed by atoms with Gasteiger partial charge in [-0.05, 0) is 30.0 Å². The zero-order chi connectivity index (χ0) is 21.3. The predicted octanol–water partition coefficient (Wildman–Crippen LogP) is 4.00. The van der Waals surface area contributed by atoms with Crippen LogP contribution in [0.5, 0.6) is 0 Å². The molecule has 3 heterocycles. The lowest BCUT2D eigenvalue weighted by molar-refractivity contribution is 0.122. The maximum atomic E-state index is 13.2. The van der Waals surface area contributed by atoms with Gasteiger partial charge in [0.25, 0.3) is 0 Å². The molecule has 1 fully saturated rings. The van der Waals surface area contributed by atoms with Crippen LogP contribution in [0.3, 0.4) is 0 Å². The summed E-state index contributed by atoms with van der Waals surface area (Å²) in [7, 11) is -1.35. The van der Waals surface area contributed by atoms with Crippen LogP contribution in [0.1, 0.15) is 50.7 Å². The topological polar surface area (TPSA) is 50.6 Å². The largest absolute Gasteiger partial charge is 0.412 e. The average Bonchev–Trinajstić information content (AvgIpc) is 3.27. The van der Waals surface area contributed by atoms with E-state index in [0.717, 1.165) is 44.0 Å². The summed E-state index contributed by atoms with van der Waals surface area (Å²) in [5, 5.41) is 0.199. The Hall–Kier alpha value is -1.96. The molecule has 162 valence electrons. The second-order valence-corrected chi connectivity index (χ2v) is 13.1. The monoisotopic (exact) mass is 426 g/mol. The molecule has 1 atom stereocenters. The third-order valence-corrected chi connectivity index (χ3v) is 9.71. The van der Waals surface area contributed by atoms with Crippen LogP contribution < -0.4 is 0 Å². The number of likely N-dealkylation sites (tertiary alicyclic amines) is 1. The van der Waals surface area contributed by atoms with Crippen molar-refractivity contribution in [2.24, 2.45) is 0 Å². The molecule has 2 aliphatic rings. The van der Waals surface area contributed by atoms with E-state index >= 15 is 0 Å². The summed E-state index contributed by atoms with van der Waals surface area (Å²) in [5.41, 5.74) is 2.35. The number of nitrogens with zero attached hydrogens (tertiary/aromatic N) is 4. The van der Waals surface area contributed by atoms with Crippen molar-refractivity contribution < 1.29 is 9.22 Å². The van der Waals surface area contributed by atoms with E-state index in [1.165, 1.54) is 5.56 Å². The van der Waals surface area contributed by atoms with E-state index in [-0.39, 0.29) is 11.1 Å². The number of aromatic nitrogens is 2. The number of hydrogen-bond donors (Lipinski definition) is 0. The van der Waals surface area contributed by atoms with E-state index in [1.54, 1.807) is 4.57 Å². The minimum Gasteiger partial charge on any atom is -0.412 e. The van der Waals surface area contributed by atoms with Gasteiger partial charge in [0, 0.05) is 25.7 Å². The van der Waals surface area contributed by atoms with Gasteiger partial charge >= 0.3 is 6.03 Å². The Balaban J connectivity index is 1.33. The van der Waals surface area contributed by atoms with Crippen LogP contribution in [0.4, 0.5) is 4.79 Å². The fourth-order valence-corrected chi connectivity index (χ4v) is 5.11. The van der Waals surface area contributed by atoms with Crippen LogP contribution in [0, 0.1) is 0 Å². The number of carbonyl (C=O) groups is 1. The number of imidazole rings is 1. The van der Waals surface area contributed by atoms with Crippen molar-refractivity contribution in [2.45, 2.75) is 70.9 Å². The Morgan fingerprint density at radius 3 is 2.53 bits per heavy atom. The van der Waals surface area contributed by atoms with Gasteiger partial charge in [-0.15, -0.1) is 0 Å². The standard InChI is InChI=1S/C23H34N4O2Si/c1-23(2,3)30(4)29-17-21-24-14-20-16-26(22(28)27(20)21)19-10-12-25(13-11-19)15-18-8-6-5-7-9-18/h5-9,14,19,30H,10-13,15-17H2,1-4H3. The molecule has 4 rings (SSSR count). The van der Waals surface area contributed by atoms with E-state index in [1.807, 2.05) is 11.1 Å². The first kappa shape index (κ1) is 21.3. The fourth-order valence-electron chi connectivity index (χ4n) is 4.21. The lowest BCUT2D eigenvalue weighted by atomic mass is 10.0. The van der Waals surface area contributed by atoms with Gasteiger partial charge in [-0.1, -0.05) is 51.1 Å². The highest BCUT2D eigenvalue weighted by atomic mass is 28.3. The summed E-state index contributed by atoms with van der Waals surface area (Å²) in [6.07, 6.45) is 3.90. The van der Waals surface area contributed by atoms with Crippen molar-refractivity contribution in [2.75, 3.05) is 13.1 Å². The van der Waals surface area contributed by atoms with Gasteiger partial charge in [0.2, 0.25) is 0 Å². The highest BCUT2D eigenvalue weighted by Crippen LogP contribution is 2.29. The lowest BCUT2D eigenvalue weighted by Crippen LogP contribution is -2.45. The Kier molecular flexibility index (Phi) is 6.13. The molecule has 0 N–H and O–H groups in total. The van der Waals surface area contributed by atoms with E-state index in [4.69, 9.17) is 4.43 Å². The second-order valence-electron chi connectivity index (χ2n) is 9.72. The number of piperidine rings is 1. The van der Waals surface area contributed by atoms with E-state index in [0.29, 0.717) is 19.2 Å². The third kappa shape index (κ3) is 4.53. The van der Waals surface area contributed by atoms with Crippen LogP contribution in [0.2, 0.25) is 11.6 Å². The summed E-state index contributed by atoms with van der Waals surface area (Å²) >= 11 is 0. The molecule has 30 heavy (non-hydrogen) atoms. The SMILES string of the molecule is C[SiH](OCc1ncc2n1C(=O)N(C1CCN(Cc3ccccc3)CC1)C2)C(C)(C)C. The van der Waals surface area contributed by atoms with Gasteiger partial charge < -0.3 is 9.33 Å². The zero-order valence-electron chi connectivity index (χ0n) is 18.7. The molecule has 0 saturated carbocycles. The number of fused-ring (bicyclic) bond motifs is 1. The maximum absolute atomic E-state index is 13.2. The molecule has 1 amide bonds. The summed E-state index contributed by atoms with van der Waals surface area (Å²) in [6.45, 7) is 13.0. The van der Waals surface area contributed by atoms with Crippen LogP contribution in [0.15, 0.2) is 36.5 Å². The third-order valence-electron chi connectivity index (χ3n) is 6.61. The minimum absolute atomic E-state index is 0.0766. The molecule has 1 aromatic carbocycles. The molecule has 1 saturated heterocycles. The number of amides is 1. The van der Waals surface area contributed by atoms with E-state index in [2.05, 4.69) is 67.5 Å². The molecule has 6 nitrogen and oxygen atoms in total. The van der Waals surface area contributed by atoms with Crippen molar-refractivity contribution in [3.05, 3.63) is 53.6 Å². The van der Waals surface area contributed by atoms with Crippen LogP contribution >= 0.6 is 0 Å². The number of rotatable bonds is 6. The predicted molar refractivity (Wildman–Crippen MR) is 121 cm³/mol. The molecule has 7 heteroatoms. The second kappa shape index (κ2) is 8.65. The first-order valence-corrected chi connectivity index (χ1v) is 13.3. The normalized spacial score (nSPS) is 19.3. The Morgan fingerprint density at radius 1 is 1.17 bits per heavy atom. The first-order chi connectivity index (χ1) is 14.3. The lowest BCUT2D eigenvalue weighted by Gasteiger charge is -2.36. The van der Waals surface area contributed by atoms with Crippen LogP contribution in [-0.2, 0) is 24.1 Å². The quantitative estimate of drug-likeness (QED) is 0.655. The van der Waals surface area contributed by atoms with Crippen LogP contribution in [0.25, 0.3) is 0 Å². The van der Waals surface area contributed by atoms with Crippen LogP contribution in [-0.4, -0.2) is 53.6 Å². The highest BCUT2D eigenvalue weighted by Gasteiger charge is 2.36. The molecule has 1 aromatic heterocycles. The molecule has 0 radical (unpaired) electrons. The molecular formula is C23H34N4O2Si. The fraction of sp³-hybridized carbons (Fsp3) is 0.565. The van der Waals surface area contributed by atoms with Crippen molar-refractivity contribution in [3.63, 3.8) is 0 Å². The van der Waals surface area contributed by atoms with Gasteiger partial charge in [0.05, 0.1) is 25.0 Å². The minimum atomic E-state index is -1.35. The molecule has 1 unspecified atom stereocenters. The number of benzene rings is 1. The van der Waals surface area contributed by atoms with Gasteiger partial charge in [0.15, 0.2) is 9.04 Å². The first-order valence-electron chi connectivity index (χ1n) is 11.1. The van der Waals surface area contributed by atoms with Crippen molar-refractivity contribution in [1.82, 2.24) is 19.4 Å². The summed E-state index contributed by atoms with van der Waals surface area (Å²) in [4.78, 5) is 22.2. The van der Waals surface area contributed by atoms with Gasteiger partial charge in [-0.25, -0.2) is 14.3 Å². The molecule has 0 aliphatic carbocycles. The molecule has 2 aliphatic heterocycles. The molecule has 2 aromatic rings. The van der Waals surface area contributed by atoms with Crippen molar-refractivity contribution in [1.29, 1.82) is 0 Å². The highest BCUT2D eigenvalue weighted by molar-refractivity contribution is 6.53. The Bertz CT molecular complexity index is 869. The summed E-state index contributed by atoms with van der Waals surface area (Å²) in [5.74, 6) is 0.752. The van der Waals surface area contributed by atoms with E-state index in [9.17, 15) is 4.79 Å². The average molecular weight is 427 g/mol. The maximum Gasteiger partial charge on any atom is 0.330 e. The zero-order valence-corrected chi connectivity index (χ0v) is 19.8. The molecular weight excluding hydrogens is 392 g/mol. The van der Waals surface area contributed by atoms with Gasteiger partial charge in [-0.2, -0.15) is 0 Å².